The van der Waals surface area contributed by atoms with Gasteiger partial charge in [-0.1, -0.05) is 30.3 Å². The van der Waals surface area contributed by atoms with E-state index in [9.17, 15) is 14.4 Å². The number of benzene rings is 2. The zero-order valence-corrected chi connectivity index (χ0v) is 19.8. The van der Waals surface area contributed by atoms with E-state index in [1.165, 1.54) is 7.11 Å². The highest BCUT2D eigenvalue weighted by atomic mass is 16.5. The van der Waals surface area contributed by atoms with E-state index in [0.717, 1.165) is 34.1 Å². The lowest BCUT2D eigenvalue weighted by Gasteiger charge is -2.35. The molecule has 5 rings (SSSR count). The van der Waals surface area contributed by atoms with E-state index >= 15 is 0 Å². The Balaban J connectivity index is 1.22. The summed E-state index contributed by atoms with van der Waals surface area (Å²) in [4.78, 5) is 45.1. The van der Waals surface area contributed by atoms with Crippen molar-refractivity contribution in [2.45, 2.75) is 25.8 Å². The average molecular weight is 472 g/mol. The van der Waals surface area contributed by atoms with Gasteiger partial charge in [-0.05, 0) is 42.7 Å². The fraction of sp³-hybridized carbons (Fsp3) is 0.321. The van der Waals surface area contributed by atoms with Crippen LogP contribution in [0.5, 0.6) is 0 Å². The van der Waals surface area contributed by atoms with Crippen molar-refractivity contribution >= 4 is 34.8 Å². The molecular weight excluding hydrogens is 442 g/mol. The molecule has 0 atom stereocenters. The monoisotopic (exact) mass is 471 g/mol. The SMILES string of the molecule is COC(=O)c1ccc2[nH]c3c(c2c1)CN(C(=O)C1CCN(C(=O)/C=C/c2ccccc2)CC1)CC3. The lowest BCUT2D eigenvalue weighted by molar-refractivity contribution is -0.140. The number of aromatic nitrogens is 1. The smallest absolute Gasteiger partial charge is 0.337 e. The number of H-pyrrole nitrogens is 1. The Labute approximate surface area is 204 Å². The van der Waals surface area contributed by atoms with Crippen molar-refractivity contribution in [3.8, 4) is 0 Å². The average Bonchev–Trinajstić information content (AvgIpc) is 3.28. The van der Waals surface area contributed by atoms with Crippen LogP contribution in [0.15, 0.2) is 54.6 Å². The lowest BCUT2D eigenvalue weighted by Crippen LogP contribution is -2.45. The number of carbonyl (C=O) groups excluding carboxylic acids is 3. The van der Waals surface area contributed by atoms with Crippen molar-refractivity contribution in [3.63, 3.8) is 0 Å². The van der Waals surface area contributed by atoms with Gasteiger partial charge in [0.05, 0.1) is 12.7 Å². The minimum atomic E-state index is -0.370. The van der Waals surface area contributed by atoms with Gasteiger partial charge < -0.3 is 19.5 Å². The van der Waals surface area contributed by atoms with Gasteiger partial charge in [-0.2, -0.15) is 0 Å². The number of methoxy groups -OCH3 is 1. The van der Waals surface area contributed by atoms with Gasteiger partial charge in [-0.15, -0.1) is 0 Å². The number of fused-ring (bicyclic) bond motifs is 3. The van der Waals surface area contributed by atoms with Gasteiger partial charge >= 0.3 is 5.97 Å². The second-order valence-corrected chi connectivity index (χ2v) is 9.19. The largest absolute Gasteiger partial charge is 0.465 e. The summed E-state index contributed by atoms with van der Waals surface area (Å²) >= 11 is 0. The molecule has 2 amide bonds. The maximum atomic E-state index is 13.4. The molecule has 0 aliphatic carbocycles. The van der Waals surface area contributed by atoms with Gasteiger partial charge in [-0.3, -0.25) is 9.59 Å². The zero-order valence-electron chi connectivity index (χ0n) is 19.8. The molecule has 1 fully saturated rings. The number of aromatic amines is 1. The summed E-state index contributed by atoms with van der Waals surface area (Å²) in [6.45, 7) is 2.37. The number of nitrogens with zero attached hydrogens (tertiary/aromatic N) is 2. The van der Waals surface area contributed by atoms with Crippen LogP contribution in [0.3, 0.4) is 0 Å². The number of esters is 1. The molecule has 0 bridgehead atoms. The number of hydrogen-bond acceptors (Lipinski definition) is 4. The first-order valence-electron chi connectivity index (χ1n) is 12.1. The molecule has 2 aliphatic rings. The third-order valence-corrected chi connectivity index (χ3v) is 7.08. The Bertz CT molecular complexity index is 1290. The van der Waals surface area contributed by atoms with Gasteiger partial charge in [0, 0.05) is 66.8 Å². The molecule has 2 aromatic carbocycles. The zero-order chi connectivity index (χ0) is 24.4. The molecule has 0 unspecified atom stereocenters. The molecule has 3 aromatic rings. The van der Waals surface area contributed by atoms with Crippen LogP contribution in [0.4, 0.5) is 0 Å². The van der Waals surface area contributed by atoms with Gasteiger partial charge in [0.15, 0.2) is 0 Å². The number of carbonyl (C=O) groups is 3. The number of likely N-dealkylation sites (tertiary alicyclic amines) is 1. The molecule has 3 heterocycles. The lowest BCUT2D eigenvalue weighted by atomic mass is 9.93. The van der Waals surface area contributed by atoms with Gasteiger partial charge in [0.25, 0.3) is 0 Å². The first-order valence-corrected chi connectivity index (χ1v) is 12.1. The van der Waals surface area contributed by atoms with Crippen molar-refractivity contribution in [1.82, 2.24) is 14.8 Å². The minimum Gasteiger partial charge on any atom is -0.465 e. The number of amides is 2. The number of piperidine rings is 1. The van der Waals surface area contributed by atoms with Crippen molar-refractivity contribution in [2.24, 2.45) is 5.92 Å². The summed E-state index contributed by atoms with van der Waals surface area (Å²) in [6, 6.07) is 15.2. The fourth-order valence-corrected chi connectivity index (χ4v) is 5.09. The van der Waals surface area contributed by atoms with E-state index in [4.69, 9.17) is 4.74 Å². The molecule has 0 saturated carbocycles. The quantitative estimate of drug-likeness (QED) is 0.464. The number of nitrogens with one attached hydrogen (secondary N) is 1. The maximum Gasteiger partial charge on any atom is 0.337 e. The fourth-order valence-electron chi connectivity index (χ4n) is 5.09. The highest BCUT2D eigenvalue weighted by molar-refractivity contribution is 5.96. The first-order chi connectivity index (χ1) is 17.0. The molecule has 1 aromatic heterocycles. The van der Waals surface area contributed by atoms with Crippen LogP contribution in [-0.2, 0) is 27.3 Å². The number of hydrogen-bond donors (Lipinski definition) is 1. The van der Waals surface area contributed by atoms with Gasteiger partial charge in [-0.25, -0.2) is 4.79 Å². The van der Waals surface area contributed by atoms with Crippen molar-refractivity contribution in [1.29, 1.82) is 0 Å². The Morgan fingerprint density at radius 3 is 2.51 bits per heavy atom. The third kappa shape index (κ3) is 4.71. The van der Waals surface area contributed by atoms with Crippen LogP contribution in [0, 0.1) is 5.92 Å². The predicted octanol–water partition coefficient (Wildman–Crippen LogP) is 3.79. The highest BCUT2D eigenvalue weighted by Gasteiger charge is 2.32. The van der Waals surface area contributed by atoms with E-state index in [1.807, 2.05) is 58.3 Å². The third-order valence-electron chi connectivity index (χ3n) is 7.08. The molecule has 1 N–H and O–H groups in total. The molecule has 0 radical (unpaired) electrons. The molecular formula is C28H29N3O4. The molecule has 35 heavy (non-hydrogen) atoms. The maximum absolute atomic E-state index is 13.4. The molecule has 2 aliphatic heterocycles. The topological polar surface area (TPSA) is 82.7 Å². The first kappa shape index (κ1) is 22.9. The summed E-state index contributed by atoms with van der Waals surface area (Å²) in [7, 11) is 1.37. The van der Waals surface area contributed by atoms with Crippen LogP contribution >= 0.6 is 0 Å². The Morgan fingerprint density at radius 2 is 1.77 bits per heavy atom. The van der Waals surface area contributed by atoms with Gasteiger partial charge in [0.1, 0.15) is 0 Å². The summed E-state index contributed by atoms with van der Waals surface area (Å²) < 4.78 is 4.86. The summed E-state index contributed by atoms with van der Waals surface area (Å²) in [5.74, 6) is -0.302. The van der Waals surface area contributed by atoms with E-state index in [-0.39, 0.29) is 23.7 Å². The van der Waals surface area contributed by atoms with Crippen LogP contribution in [0.2, 0.25) is 0 Å². The Morgan fingerprint density at radius 1 is 1.00 bits per heavy atom. The molecule has 0 spiro atoms. The highest BCUT2D eigenvalue weighted by Crippen LogP contribution is 2.30. The van der Waals surface area contributed by atoms with Crippen molar-refractivity contribution < 1.29 is 19.1 Å². The second kappa shape index (κ2) is 9.78. The van der Waals surface area contributed by atoms with Crippen LogP contribution < -0.4 is 0 Å². The Kier molecular flexibility index (Phi) is 6.40. The van der Waals surface area contributed by atoms with Crippen LogP contribution in [0.25, 0.3) is 17.0 Å². The normalized spacial score (nSPS) is 16.5. The van der Waals surface area contributed by atoms with E-state index in [1.54, 1.807) is 12.1 Å². The van der Waals surface area contributed by atoms with Crippen molar-refractivity contribution in [3.05, 3.63) is 77.0 Å². The van der Waals surface area contributed by atoms with E-state index < -0.39 is 0 Å². The molecule has 180 valence electrons. The second-order valence-electron chi connectivity index (χ2n) is 9.19. The molecule has 1 saturated heterocycles. The summed E-state index contributed by atoms with van der Waals surface area (Å²) in [6.07, 6.45) is 5.55. The number of rotatable bonds is 4. The Hall–Kier alpha value is -3.87. The predicted molar refractivity (Wildman–Crippen MR) is 134 cm³/mol. The van der Waals surface area contributed by atoms with Crippen molar-refractivity contribution in [2.75, 3.05) is 26.7 Å². The minimum absolute atomic E-state index is 0.0115. The number of ether oxygens (including phenoxy) is 1. The van der Waals surface area contributed by atoms with Gasteiger partial charge in [0.2, 0.25) is 11.8 Å². The summed E-state index contributed by atoms with van der Waals surface area (Å²) in [5.41, 5.74) is 4.66. The summed E-state index contributed by atoms with van der Waals surface area (Å²) in [5, 5.41) is 0.964. The van der Waals surface area contributed by atoms with Crippen LogP contribution in [0.1, 0.15) is 40.0 Å². The van der Waals surface area contributed by atoms with E-state index in [2.05, 4.69) is 4.98 Å². The molecule has 7 nitrogen and oxygen atoms in total. The standard InChI is InChI=1S/C28H29N3O4/c1-35-28(34)21-8-9-24-22(17-21)23-18-31(16-13-25(23)29-24)27(33)20-11-14-30(15-12-20)26(32)10-7-19-5-3-2-4-6-19/h2-10,17,20,29H,11-16,18H2,1H3/b10-7+. The van der Waals surface area contributed by atoms with Crippen LogP contribution in [-0.4, -0.2) is 59.3 Å². The van der Waals surface area contributed by atoms with E-state index in [0.29, 0.717) is 44.6 Å². The molecule has 7 heteroatoms.